The third-order valence-electron chi connectivity index (χ3n) is 6.40. The number of rotatable bonds is 4. The summed E-state index contributed by atoms with van der Waals surface area (Å²) in [7, 11) is 1.26. The number of esters is 1. The fourth-order valence-corrected chi connectivity index (χ4v) is 4.91. The summed E-state index contributed by atoms with van der Waals surface area (Å²) in [5, 5.41) is 2.66. The molecule has 1 aliphatic heterocycles. The second-order valence-electron chi connectivity index (χ2n) is 10.0. The summed E-state index contributed by atoms with van der Waals surface area (Å²) in [5.41, 5.74) is 2.40. The minimum atomic E-state index is -1.40. The molecule has 0 aromatic heterocycles. The molecule has 1 aliphatic carbocycles. The third kappa shape index (κ3) is 5.11. The van der Waals surface area contributed by atoms with Gasteiger partial charge in [0.2, 0.25) is 0 Å². The van der Waals surface area contributed by atoms with Crippen LogP contribution in [0.25, 0.3) is 11.1 Å². The molecule has 1 unspecified atom stereocenters. The van der Waals surface area contributed by atoms with Crippen molar-refractivity contribution in [3.63, 3.8) is 0 Å². The average molecular weight is 481 g/mol. The lowest BCUT2D eigenvalue weighted by Gasteiger charge is -2.40. The molecule has 186 valence electrons. The van der Waals surface area contributed by atoms with Gasteiger partial charge in [-0.3, -0.25) is 0 Å². The van der Waals surface area contributed by atoms with E-state index in [1.807, 2.05) is 24.3 Å². The van der Waals surface area contributed by atoms with Crippen LogP contribution in [0, 0.1) is 0 Å². The Kier molecular flexibility index (Phi) is 6.74. The maximum Gasteiger partial charge on any atom is 0.409 e. The first-order valence-electron chi connectivity index (χ1n) is 11.8. The number of nitrogens with one attached hydrogen (secondary N) is 1. The molecule has 2 aromatic carbocycles. The van der Waals surface area contributed by atoms with Crippen molar-refractivity contribution in [1.82, 2.24) is 10.2 Å². The molecule has 1 heterocycles. The number of ether oxygens (including phenoxy) is 3. The largest absolute Gasteiger partial charge is 0.467 e. The number of piperidine rings is 1. The molecule has 1 N–H and O–H groups in total. The number of fused-ring (bicyclic) bond motifs is 3. The van der Waals surface area contributed by atoms with Gasteiger partial charge in [0.05, 0.1) is 13.7 Å². The molecule has 2 aromatic rings. The van der Waals surface area contributed by atoms with E-state index in [1.165, 1.54) is 12.0 Å². The normalized spacial score (nSPS) is 19.4. The average Bonchev–Trinajstić information content (AvgIpc) is 3.14. The Labute approximate surface area is 205 Å². The van der Waals surface area contributed by atoms with Crippen LogP contribution in [0.2, 0.25) is 0 Å². The standard InChI is InChI=1S/C27H32N2O6/c1-26(2,3)35-24(31)28-27(23(30)33-4)14-9-15-29(17-27)25(32)34-16-22-20-12-7-5-10-18(20)19-11-6-8-13-21(19)22/h5-8,10-13,22H,9,14-17H2,1-4H3,(H,28,31). The lowest BCUT2D eigenvalue weighted by Crippen LogP contribution is -2.64. The Hall–Kier alpha value is -3.55. The highest BCUT2D eigenvalue weighted by atomic mass is 16.6. The summed E-state index contributed by atoms with van der Waals surface area (Å²) >= 11 is 0. The van der Waals surface area contributed by atoms with Gasteiger partial charge < -0.3 is 24.4 Å². The molecule has 0 spiro atoms. The topological polar surface area (TPSA) is 94.2 Å². The number of benzene rings is 2. The van der Waals surface area contributed by atoms with E-state index in [0.717, 1.165) is 22.3 Å². The molecule has 0 bridgehead atoms. The van der Waals surface area contributed by atoms with Crippen LogP contribution in [-0.4, -0.2) is 61.0 Å². The Morgan fingerprint density at radius 1 is 1.03 bits per heavy atom. The summed E-state index contributed by atoms with van der Waals surface area (Å²) in [5.74, 6) is -0.694. The van der Waals surface area contributed by atoms with E-state index in [9.17, 15) is 14.4 Å². The smallest absolute Gasteiger partial charge is 0.409 e. The van der Waals surface area contributed by atoms with Crippen molar-refractivity contribution in [2.45, 2.75) is 50.7 Å². The fourth-order valence-electron chi connectivity index (χ4n) is 4.91. The molecule has 0 radical (unpaired) electrons. The van der Waals surface area contributed by atoms with Gasteiger partial charge in [-0.05, 0) is 55.9 Å². The Morgan fingerprint density at radius 2 is 1.63 bits per heavy atom. The second-order valence-corrected chi connectivity index (χ2v) is 10.0. The van der Waals surface area contributed by atoms with Gasteiger partial charge in [-0.25, -0.2) is 14.4 Å². The van der Waals surface area contributed by atoms with Crippen LogP contribution in [0.15, 0.2) is 48.5 Å². The molecule has 2 aliphatic rings. The van der Waals surface area contributed by atoms with E-state index < -0.39 is 29.3 Å². The number of methoxy groups -OCH3 is 1. The molecule has 2 amide bonds. The van der Waals surface area contributed by atoms with E-state index in [4.69, 9.17) is 14.2 Å². The predicted octanol–water partition coefficient (Wildman–Crippen LogP) is 4.47. The number of amides is 2. The van der Waals surface area contributed by atoms with Crippen molar-refractivity contribution in [2.75, 3.05) is 26.8 Å². The van der Waals surface area contributed by atoms with Crippen molar-refractivity contribution in [2.24, 2.45) is 0 Å². The molecule has 8 heteroatoms. The zero-order chi connectivity index (χ0) is 25.2. The fraction of sp³-hybridized carbons (Fsp3) is 0.444. The monoisotopic (exact) mass is 480 g/mol. The van der Waals surface area contributed by atoms with Gasteiger partial charge >= 0.3 is 18.2 Å². The summed E-state index contributed by atoms with van der Waals surface area (Å²) in [6.07, 6.45) is -0.454. The summed E-state index contributed by atoms with van der Waals surface area (Å²) in [6.45, 7) is 5.73. The number of likely N-dealkylation sites (tertiary alicyclic amines) is 1. The number of nitrogens with zero attached hydrogens (tertiary/aromatic N) is 1. The van der Waals surface area contributed by atoms with Crippen LogP contribution in [0.1, 0.15) is 50.7 Å². The maximum atomic E-state index is 13.1. The van der Waals surface area contributed by atoms with Crippen LogP contribution in [-0.2, 0) is 19.0 Å². The lowest BCUT2D eigenvalue weighted by atomic mass is 9.89. The first-order valence-corrected chi connectivity index (χ1v) is 11.8. The zero-order valence-corrected chi connectivity index (χ0v) is 20.6. The number of hydrogen-bond donors (Lipinski definition) is 1. The van der Waals surface area contributed by atoms with E-state index in [2.05, 4.69) is 29.6 Å². The van der Waals surface area contributed by atoms with Crippen molar-refractivity contribution in [1.29, 1.82) is 0 Å². The number of carbonyl (C=O) groups excluding carboxylic acids is 3. The van der Waals surface area contributed by atoms with Gasteiger partial charge in [-0.2, -0.15) is 0 Å². The highest BCUT2D eigenvalue weighted by Crippen LogP contribution is 2.44. The van der Waals surface area contributed by atoms with Crippen molar-refractivity contribution in [3.8, 4) is 11.1 Å². The van der Waals surface area contributed by atoms with Gasteiger partial charge in [-0.1, -0.05) is 48.5 Å². The van der Waals surface area contributed by atoms with E-state index in [-0.39, 0.29) is 19.1 Å². The van der Waals surface area contributed by atoms with E-state index in [1.54, 1.807) is 20.8 Å². The van der Waals surface area contributed by atoms with E-state index in [0.29, 0.717) is 19.4 Å². The van der Waals surface area contributed by atoms with Crippen LogP contribution >= 0.6 is 0 Å². The number of alkyl carbamates (subject to hydrolysis) is 1. The molecule has 1 fully saturated rings. The Balaban J connectivity index is 1.47. The molecule has 1 atom stereocenters. The molecule has 35 heavy (non-hydrogen) atoms. The molecular weight excluding hydrogens is 448 g/mol. The quantitative estimate of drug-likeness (QED) is 0.513. The molecule has 4 rings (SSSR count). The van der Waals surface area contributed by atoms with E-state index >= 15 is 0 Å². The van der Waals surface area contributed by atoms with Crippen LogP contribution < -0.4 is 5.32 Å². The zero-order valence-electron chi connectivity index (χ0n) is 20.6. The number of hydrogen-bond acceptors (Lipinski definition) is 6. The van der Waals surface area contributed by atoms with Gasteiger partial charge in [0.15, 0.2) is 5.54 Å². The van der Waals surface area contributed by atoms with Gasteiger partial charge in [0.25, 0.3) is 0 Å². The summed E-state index contributed by atoms with van der Waals surface area (Å²) < 4.78 is 16.1. The van der Waals surface area contributed by atoms with Crippen molar-refractivity contribution < 1.29 is 28.6 Å². The van der Waals surface area contributed by atoms with Crippen molar-refractivity contribution in [3.05, 3.63) is 59.7 Å². The van der Waals surface area contributed by atoms with Crippen LogP contribution in [0.4, 0.5) is 9.59 Å². The number of carbonyl (C=O) groups is 3. The van der Waals surface area contributed by atoms with Crippen LogP contribution in [0.5, 0.6) is 0 Å². The molecule has 1 saturated heterocycles. The Morgan fingerprint density at radius 3 is 2.20 bits per heavy atom. The van der Waals surface area contributed by atoms with Gasteiger partial charge in [0.1, 0.15) is 12.2 Å². The van der Waals surface area contributed by atoms with Crippen molar-refractivity contribution >= 4 is 18.2 Å². The van der Waals surface area contributed by atoms with Gasteiger partial charge in [0, 0.05) is 12.5 Å². The lowest BCUT2D eigenvalue weighted by molar-refractivity contribution is -0.150. The second kappa shape index (κ2) is 9.60. The van der Waals surface area contributed by atoms with Gasteiger partial charge in [-0.15, -0.1) is 0 Å². The summed E-state index contributed by atoms with van der Waals surface area (Å²) in [4.78, 5) is 39.8. The minimum absolute atomic E-state index is 0.0599. The highest BCUT2D eigenvalue weighted by molar-refractivity contribution is 5.87. The minimum Gasteiger partial charge on any atom is -0.467 e. The SMILES string of the molecule is COC(=O)C1(NC(=O)OC(C)(C)C)CCCN(C(=O)OCC2c3ccccc3-c3ccccc32)C1. The Bertz CT molecular complexity index is 1080. The predicted molar refractivity (Wildman–Crippen MR) is 130 cm³/mol. The highest BCUT2D eigenvalue weighted by Gasteiger charge is 2.47. The first-order chi connectivity index (χ1) is 16.6. The maximum absolute atomic E-state index is 13.1. The third-order valence-corrected chi connectivity index (χ3v) is 6.40. The molecular formula is C27H32N2O6. The van der Waals surface area contributed by atoms with Crippen LogP contribution in [0.3, 0.4) is 0 Å². The molecule has 8 nitrogen and oxygen atoms in total. The summed E-state index contributed by atoms with van der Waals surface area (Å²) in [6, 6.07) is 16.2. The first kappa shape index (κ1) is 24.6. The molecule has 0 saturated carbocycles.